The molecule has 0 radical (unpaired) electrons. The Labute approximate surface area is 161 Å². The summed E-state index contributed by atoms with van der Waals surface area (Å²) in [6, 6.07) is 3.21. The predicted octanol–water partition coefficient (Wildman–Crippen LogP) is 1.98. The van der Waals surface area contributed by atoms with E-state index in [1.165, 1.54) is 4.90 Å². The van der Waals surface area contributed by atoms with Crippen LogP contribution in [0.2, 0.25) is 0 Å². The third-order valence-corrected chi connectivity index (χ3v) is 5.58. The molecule has 8 heteroatoms. The van der Waals surface area contributed by atoms with Gasteiger partial charge in [-0.05, 0) is 40.9 Å². The van der Waals surface area contributed by atoms with Crippen molar-refractivity contribution in [3.05, 3.63) is 22.6 Å². The number of hydrogen-bond acceptors (Lipinski definition) is 4. The quantitative estimate of drug-likeness (QED) is 0.738. The highest BCUT2D eigenvalue weighted by atomic mass is 79.9. The molecule has 0 bridgehead atoms. The molecule has 1 aliphatic carbocycles. The molecule has 1 aliphatic heterocycles. The lowest BCUT2D eigenvalue weighted by Crippen LogP contribution is -2.53. The van der Waals surface area contributed by atoms with E-state index in [-0.39, 0.29) is 35.9 Å². The lowest BCUT2D eigenvalue weighted by atomic mass is 10.1. The fourth-order valence-electron chi connectivity index (χ4n) is 3.60. The molecule has 0 unspecified atom stereocenters. The van der Waals surface area contributed by atoms with Crippen LogP contribution in [0, 0.1) is 5.92 Å². The molecule has 1 saturated heterocycles. The lowest BCUT2D eigenvalue weighted by Gasteiger charge is -2.36. The molecule has 3 amide bonds. The highest BCUT2D eigenvalue weighted by molar-refractivity contribution is 9.10. The van der Waals surface area contributed by atoms with Gasteiger partial charge in [0.15, 0.2) is 10.4 Å². The minimum absolute atomic E-state index is 0.00623. The summed E-state index contributed by atoms with van der Waals surface area (Å²) in [6.45, 7) is 2.18. The second kappa shape index (κ2) is 8.24. The van der Waals surface area contributed by atoms with Gasteiger partial charge >= 0.3 is 0 Å². The first-order valence-corrected chi connectivity index (χ1v) is 9.82. The molecule has 2 fully saturated rings. The van der Waals surface area contributed by atoms with Crippen molar-refractivity contribution in [2.75, 3.05) is 39.8 Å². The molecule has 0 spiro atoms. The van der Waals surface area contributed by atoms with Crippen molar-refractivity contribution in [3.8, 4) is 0 Å². The molecule has 0 atom stereocenters. The molecule has 3 rings (SSSR count). The molecule has 1 saturated carbocycles. The summed E-state index contributed by atoms with van der Waals surface area (Å²) < 4.78 is 5.71. The Morgan fingerprint density at radius 3 is 2.31 bits per heavy atom. The average molecular weight is 426 g/mol. The van der Waals surface area contributed by atoms with Gasteiger partial charge in [-0.1, -0.05) is 12.8 Å². The highest BCUT2D eigenvalue weighted by Gasteiger charge is 2.31. The Balaban J connectivity index is 1.47. The predicted molar refractivity (Wildman–Crippen MR) is 98.5 cm³/mol. The van der Waals surface area contributed by atoms with Gasteiger partial charge in [-0.3, -0.25) is 14.4 Å². The summed E-state index contributed by atoms with van der Waals surface area (Å²) in [6.07, 6.45) is 4.27. The standard InChI is InChI=1S/C18H24BrN3O4/c1-20(18(25)14-6-7-15(19)26-14)12-16(23)21-8-10-22(11-9-21)17(24)13-4-2-3-5-13/h6-7,13H,2-5,8-12H2,1H3. The van der Waals surface area contributed by atoms with Crippen molar-refractivity contribution < 1.29 is 18.8 Å². The fourth-order valence-corrected chi connectivity index (χ4v) is 3.91. The summed E-state index contributed by atoms with van der Waals surface area (Å²) in [7, 11) is 1.58. The molecule has 1 aromatic rings. The van der Waals surface area contributed by atoms with Crippen molar-refractivity contribution in [2.45, 2.75) is 25.7 Å². The molecule has 0 aromatic carbocycles. The first-order chi connectivity index (χ1) is 12.5. The summed E-state index contributed by atoms with van der Waals surface area (Å²) >= 11 is 3.16. The largest absolute Gasteiger partial charge is 0.444 e. The third-order valence-electron chi connectivity index (χ3n) is 5.15. The van der Waals surface area contributed by atoms with Crippen LogP contribution in [0.1, 0.15) is 36.2 Å². The summed E-state index contributed by atoms with van der Waals surface area (Å²) in [5, 5.41) is 0. The van der Waals surface area contributed by atoms with Gasteiger partial charge in [0.25, 0.3) is 5.91 Å². The van der Waals surface area contributed by atoms with Gasteiger partial charge in [0, 0.05) is 39.1 Å². The Kier molecular flexibility index (Phi) is 6.01. The molecule has 26 heavy (non-hydrogen) atoms. The van der Waals surface area contributed by atoms with Crippen LogP contribution >= 0.6 is 15.9 Å². The first-order valence-electron chi connectivity index (χ1n) is 9.03. The molecular formula is C18H24BrN3O4. The molecular weight excluding hydrogens is 402 g/mol. The average Bonchev–Trinajstić information content (AvgIpc) is 3.32. The van der Waals surface area contributed by atoms with Crippen molar-refractivity contribution in [1.82, 2.24) is 14.7 Å². The Morgan fingerprint density at radius 2 is 1.73 bits per heavy atom. The van der Waals surface area contributed by atoms with Crippen LogP contribution in [-0.4, -0.2) is 72.2 Å². The Morgan fingerprint density at radius 1 is 1.12 bits per heavy atom. The van der Waals surface area contributed by atoms with E-state index in [1.807, 2.05) is 4.90 Å². The van der Waals surface area contributed by atoms with Gasteiger partial charge < -0.3 is 19.1 Å². The topological polar surface area (TPSA) is 74.1 Å². The van der Waals surface area contributed by atoms with Gasteiger partial charge in [-0.15, -0.1) is 0 Å². The Hall–Kier alpha value is -1.83. The summed E-state index contributed by atoms with van der Waals surface area (Å²) in [5.74, 6) is 0.164. The number of amides is 3. The van der Waals surface area contributed by atoms with Crippen molar-refractivity contribution in [3.63, 3.8) is 0 Å². The van der Waals surface area contributed by atoms with E-state index in [4.69, 9.17) is 4.42 Å². The molecule has 2 aliphatic rings. The maximum atomic E-state index is 12.5. The molecule has 2 heterocycles. The number of halogens is 1. The molecule has 142 valence electrons. The third kappa shape index (κ3) is 4.28. The van der Waals surface area contributed by atoms with E-state index in [1.54, 1.807) is 24.1 Å². The van der Waals surface area contributed by atoms with E-state index in [9.17, 15) is 14.4 Å². The number of hydrogen-bond donors (Lipinski definition) is 0. The maximum Gasteiger partial charge on any atom is 0.289 e. The lowest BCUT2D eigenvalue weighted by molar-refractivity contribution is -0.142. The number of piperazine rings is 1. The van der Waals surface area contributed by atoms with E-state index in [2.05, 4.69) is 15.9 Å². The van der Waals surface area contributed by atoms with E-state index >= 15 is 0 Å². The number of furan rings is 1. The Bertz CT molecular complexity index is 676. The summed E-state index contributed by atoms with van der Waals surface area (Å²) in [4.78, 5) is 42.1. The van der Waals surface area contributed by atoms with E-state index in [0.717, 1.165) is 25.7 Å². The smallest absolute Gasteiger partial charge is 0.289 e. The SMILES string of the molecule is CN(CC(=O)N1CCN(C(=O)C2CCCC2)CC1)C(=O)c1ccc(Br)o1. The van der Waals surface area contributed by atoms with Crippen LogP contribution in [0.4, 0.5) is 0 Å². The van der Waals surface area contributed by atoms with Crippen LogP contribution in [0.15, 0.2) is 21.2 Å². The maximum absolute atomic E-state index is 12.5. The summed E-state index contributed by atoms with van der Waals surface area (Å²) in [5.41, 5.74) is 0. The highest BCUT2D eigenvalue weighted by Crippen LogP contribution is 2.27. The van der Waals surface area contributed by atoms with E-state index in [0.29, 0.717) is 30.8 Å². The first kappa shape index (κ1) is 18.9. The van der Waals surface area contributed by atoms with Gasteiger partial charge in [0.05, 0.1) is 6.54 Å². The fraction of sp³-hybridized carbons (Fsp3) is 0.611. The molecule has 1 aromatic heterocycles. The number of rotatable bonds is 4. The van der Waals surface area contributed by atoms with E-state index < -0.39 is 0 Å². The van der Waals surface area contributed by atoms with Crippen molar-refractivity contribution in [1.29, 1.82) is 0 Å². The minimum Gasteiger partial charge on any atom is -0.444 e. The number of carbonyl (C=O) groups is 3. The zero-order valence-electron chi connectivity index (χ0n) is 14.9. The molecule has 0 N–H and O–H groups in total. The van der Waals surface area contributed by atoms with Crippen LogP contribution in [-0.2, 0) is 9.59 Å². The number of carbonyl (C=O) groups excluding carboxylic acids is 3. The zero-order chi connectivity index (χ0) is 18.7. The zero-order valence-corrected chi connectivity index (χ0v) is 16.5. The van der Waals surface area contributed by atoms with Crippen LogP contribution in [0.3, 0.4) is 0 Å². The van der Waals surface area contributed by atoms with Crippen LogP contribution in [0.25, 0.3) is 0 Å². The monoisotopic (exact) mass is 425 g/mol. The van der Waals surface area contributed by atoms with Crippen LogP contribution < -0.4 is 0 Å². The molecule has 7 nitrogen and oxygen atoms in total. The van der Waals surface area contributed by atoms with Gasteiger partial charge in [0.1, 0.15) is 0 Å². The number of nitrogens with zero attached hydrogens (tertiary/aromatic N) is 3. The number of likely N-dealkylation sites (N-methyl/N-ethyl adjacent to an activating group) is 1. The van der Waals surface area contributed by atoms with Crippen molar-refractivity contribution >= 4 is 33.7 Å². The minimum atomic E-state index is -0.334. The second-order valence-electron chi connectivity index (χ2n) is 6.95. The normalized spacial score (nSPS) is 18.2. The van der Waals surface area contributed by atoms with Crippen LogP contribution in [0.5, 0.6) is 0 Å². The van der Waals surface area contributed by atoms with Gasteiger partial charge in [0.2, 0.25) is 11.8 Å². The second-order valence-corrected chi connectivity index (χ2v) is 7.73. The van der Waals surface area contributed by atoms with Gasteiger partial charge in [-0.2, -0.15) is 0 Å². The van der Waals surface area contributed by atoms with Crippen molar-refractivity contribution in [2.24, 2.45) is 5.92 Å². The van der Waals surface area contributed by atoms with Gasteiger partial charge in [-0.25, -0.2) is 0 Å².